The van der Waals surface area contributed by atoms with Gasteiger partial charge in [0.05, 0.1) is 29.9 Å². The fourth-order valence-electron chi connectivity index (χ4n) is 3.23. The highest BCUT2D eigenvalue weighted by molar-refractivity contribution is 5.95. The average molecular weight is 430 g/mol. The Kier molecular flexibility index (Phi) is 6.18. The summed E-state index contributed by atoms with van der Waals surface area (Å²) >= 11 is 0. The summed E-state index contributed by atoms with van der Waals surface area (Å²) in [4.78, 5) is 38.6. The number of rotatable bonds is 5. The first-order chi connectivity index (χ1) is 15.5. The first-order valence-corrected chi connectivity index (χ1v) is 10.1. The normalized spacial score (nSPS) is 13.6. The van der Waals surface area contributed by atoms with Crippen molar-refractivity contribution in [2.75, 3.05) is 6.61 Å². The van der Waals surface area contributed by atoms with Crippen LogP contribution in [0.3, 0.4) is 0 Å². The number of carbonyl (C=O) groups is 2. The topological polar surface area (TPSA) is 109 Å². The zero-order chi connectivity index (χ0) is 22.5. The van der Waals surface area contributed by atoms with Gasteiger partial charge >= 0.3 is 5.97 Å². The molecule has 9 nitrogen and oxygen atoms in total. The fourth-order valence-corrected chi connectivity index (χ4v) is 3.23. The molecule has 9 heteroatoms. The van der Waals surface area contributed by atoms with Crippen molar-refractivity contribution in [3.63, 3.8) is 0 Å². The molecule has 2 aromatic carbocycles. The third-order valence-corrected chi connectivity index (χ3v) is 4.71. The number of aryl methyl sites for hydroxylation is 1. The van der Waals surface area contributed by atoms with E-state index in [0.29, 0.717) is 23.3 Å². The molecule has 4 rings (SSSR count). The lowest BCUT2D eigenvalue weighted by molar-refractivity contribution is -0.115. The van der Waals surface area contributed by atoms with Gasteiger partial charge in [0.15, 0.2) is 5.49 Å². The minimum atomic E-state index is -0.631. The van der Waals surface area contributed by atoms with Gasteiger partial charge in [-0.3, -0.25) is 20.2 Å². The van der Waals surface area contributed by atoms with Crippen LogP contribution in [0.4, 0.5) is 0 Å². The van der Waals surface area contributed by atoms with Crippen molar-refractivity contribution in [3.8, 4) is 0 Å². The number of amides is 1. The van der Waals surface area contributed by atoms with Gasteiger partial charge in [0, 0.05) is 6.20 Å². The lowest BCUT2D eigenvalue weighted by Gasteiger charge is -2.14. The minimum Gasteiger partial charge on any atom is -0.462 e. The number of para-hydroxylation sites is 2. The van der Waals surface area contributed by atoms with Crippen molar-refractivity contribution < 1.29 is 14.3 Å². The third kappa shape index (κ3) is 4.62. The summed E-state index contributed by atoms with van der Waals surface area (Å²) in [6, 6.07) is 17.0. The molecule has 0 radical (unpaired) electrons. The predicted molar refractivity (Wildman–Crippen MR) is 117 cm³/mol. The number of hydrogen-bond donors (Lipinski definition) is 2. The number of nitrogens with one attached hydrogen (secondary N) is 2. The Bertz CT molecular complexity index is 1270. The van der Waals surface area contributed by atoms with Crippen LogP contribution in [-0.2, 0) is 16.1 Å². The molecule has 0 bridgehead atoms. The quantitative estimate of drug-likeness (QED) is 0.591. The van der Waals surface area contributed by atoms with E-state index in [1.54, 1.807) is 43.3 Å². The molecule has 1 aromatic heterocycles. The molecule has 2 heterocycles. The van der Waals surface area contributed by atoms with Crippen molar-refractivity contribution in [1.82, 2.24) is 25.9 Å². The van der Waals surface area contributed by atoms with Gasteiger partial charge in [-0.05, 0) is 31.5 Å². The Morgan fingerprint density at radius 3 is 2.44 bits per heavy atom. The highest BCUT2D eigenvalue weighted by Crippen LogP contribution is 2.10. The van der Waals surface area contributed by atoms with E-state index in [2.05, 4.69) is 25.9 Å². The average Bonchev–Trinajstić information content (AvgIpc) is 3.19. The maximum Gasteiger partial charge on any atom is 0.343 e. The summed E-state index contributed by atoms with van der Waals surface area (Å²) in [6.07, 6.45) is 1.62. The summed E-state index contributed by atoms with van der Waals surface area (Å²) in [5, 5.41) is 1.73. The summed E-state index contributed by atoms with van der Waals surface area (Å²) in [7, 11) is 0. The second-order valence-corrected chi connectivity index (χ2v) is 7.03. The molecule has 1 aliphatic rings. The Hall–Kier alpha value is -4.11. The smallest absolute Gasteiger partial charge is 0.343 e. The fraction of sp³-hybridized carbons (Fsp3) is 0.174. The molecule has 0 saturated heterocycles. The van der Waals surface area contributed by atoms with Crippen LogP contribution in [0.2, 0.25) is 0 Å². The van der Waals surface area contributed by atoms with Gasteiger partial charge in [0.2, 0.25) is 0 Å². The van der Waals surface area contributed by atoms with Crippen molar-refractivity contribution >= 4 is 22.9 Å². The maximum absolute atomic E-state index is 12.9. The molecule has 0 atom stereocenters. The maximum atomic E-state index is 12.9. The summed E-state index contributed by atoms with van der Waals surface area (Å²) in [6.45, 7) is 4.09. The number of hydrazine groups is 2. The van der Waals surface area contributed by atoms with E-state index in [1.165, 1.54) is 0 Å². The number of ether oxygens (including phenoxy) is 1. The molecule has 0 saturated carbocycles. The molecular weight excluding hydrogens is 408 g/mol. The van der Waals surface area contributed by atoms with Crippen LogP contribution < -0.4 is 16.4 Å². The third-order valence-electron chi connectivity index (χ3n) is 4.71. The molecule has 0 aliphatic carbocycles. The molecule has 2 N–H and O–H groups in total. The number of nitrogens with zero attached hydrogens (tertiary/aromatic N) is 4. The van der Waals surface area contributed by atoms with Gasteiger partial charge in [0.1, 0.15) is 11.3 Å². The molecule has 32 heavy (non-hydrogen) atoms. The van der Waals surface area contributed by atoms with Gasteiger partial charge in [0.25, 0.3) is 5.91 Å². The summed E-state index contributed by atoms with van der Waals surface area (Å²) < 4.78 is 5.17. The first-order valence-electron chi connectivity index (χ1n) is 10.1. The number of benzene rings is 2. The highest BCUT2D eigenvalue weighted by atomic mass is 16.5. The Balaban J connectivity index is 1.73. The molecular formula is C23H22N6O3. The van der Waals surface area contributed by atoms with E-state index in [9.17, 15) is 9.59 Å². The Morgan fingerprint density at radius 2 is 1.72 bits per heavy atom. The van der Waals surface area contributed by atoms with Gasteiger partial charge in [-0.1, -0.05) is 42.5 Å². The molecule has 0 unspecified atom stereocenters. The highest BCUT2D eigenvalue weighted by Gasteiger charge is 2.20. The van der Waals surface area contributed by atoms with Gasteiger partial charge in [-0.2, -0.15) is 4.99 Å². The predicted octanol–water partition coefficient (Wildman–Crippen LogP) is 1.91. The number of fused-ring (bicyclic) bond motifs is 1. The largest absolute Gasteiger partial charge is 0.462 e. The van der Waals surface area contributed by atoms with E-state index < -0.39 is 11.9 Å². The van der Waals surface area contributed by atoms with E-state index >= 15 is 0 Å². The van der Waals surface area contributed by atoms with Crippen molar-refractivity contribution in [2.24, 2.45) is 4.99 Å². The second-order valence-electron chi connectivity index (χ2n) is 7.03. The van der Waals surface area contributed by atoms with Gasteiger partial charge in [-0.15, -0.1) is 5.53 Å². The number of esters is 1. The zero-order valence-electron chi connectivity index (χ0n) is 17.7. The number of hydrogen-bond acceptors (Lipinski definition) is 8. The Morgan fingerprint density at radius 1 is 1.03 bits per heavy atom. The van der Waals surface area contributed by atoms with Gasteiger partial charge < -0.3 is 4.74 Å². The monoisotopic (exact) mass is 430 g/mol. The van der Waals surface area contributed by atoms with Crippen LogP contribution in [0.1, 0.15) is 28.5 Å². The molecule has 0 fully saturated rings. The molecule has 3 aromatic rings. The van der Waals surface area contributed by atoms with E-state index in [1.807, 2.05) is 36.4 Å². The van der Waals surface area contributed by atoms with E-state index in [0.717, 1.165) is 5.56 Å². The lowest BCUT2D eigenvalue weighted by Crippen LogP contribution is -2.37. The van der Waals surface area contributed by atoms with Crippen molar-refractivity contribution in [1.29, 1.82) is 0 Å². The molecule has 1 amide bonds. The summed E-state index contributed by atoms with van der Waals surface area (Å²) in [5.41, 5.74) is 8.50. The van der Waals surface area contributed by atoms with Crippen LogP contribution in [0.15, 0.2) is 71.5 Å². The first kappa shape index (κ1) is 21.1. The lowest BCUT2D eigenvalue weighted by atomic mass is 10.2. The standard InChI is InChI=1S/C23H22N6O3/c1-3-32-23(31)20-15(2)24-17-11-7-8-12-18(17)25-21(20)26-22(30)19-14-29(28-27-19)13-16-9-5-4-6-10-16/h4-12,14,27-28H,3,13H2,1-2H3. The van der Waals surface area contributed by atoms with E-state index in [-0.39, 0.29) is 23.4 Å². The molecule has 0 spiro atoms. The SMILES string of the molecule is CCOC(=O)c1c(C)nc2ccccc2nc1=NC(=O)C1=CN(Cc2ccccc2)NN1. The van der Waals surface area contributed by atoms with Crippen molar-refractivity contribution in [3.05, 3.63) is 88.8 Å². The summed E-state index contributed by atoms with van der Waals surface area (Å²) in [5.74, 6) is -1.21. The Labute approximate surface area is 184 Å². The number of carbonyl (C=O) groups excluding carboxylic acids is 2. The van der Waals surface area contributed by atoms with E-state index in [4.69, 9.17) is 4.74 Å². The van der Waals surface area contributed by atoms with Crippen LogP contribution in [-0.4, -0.2) is 33.5 Å². The van der Waals surface area contributed by atoms with Crippen LogP contribution in [0.25, 0.3) is 11.0 Å². The molecule has 162 valence electrons. The van der Waals surface area contributed by atoms with Crippen LogP contribution >= 0.6 is 0 Å². The van der Waals surface area contributed by atoms with Crippen molar-refractivity contribution in [2.45, 2.75) is 20.4 Å². The zero-order valence-corrected chi connectivity index (χ0v) is 17.7. The van der Waals surface area contributed by atoms with Gasteiger partial charge in [-0.25, -0.2) is 9.78 Å². The van der Waals surface area contributed by atoms with Crippen LogP contribution in [0, 0.1) is 6.92 Å². The van der Waals surface area contributed by atoms with Crippen LogP contribution in [0.5, 0.6) is 0 Å². The molecule has 1 aliphatic heterocycles. The number of aromatic nitrogens is 2. The minimum absolute atomic E-state index is 0.0381. The second kappa shape index (κ2) is 9.36.